The highest BCUT2D eigenvalue weighted by atomic mass is 79.9. The maximum atomic E-state index is 3.72. The zero-order valence-corrected chi connectivity index (χ0v) is 14.9. The fourth-order valence-corrected chi connectivity index (χ4v) is 5.54. The van der Waals surface area contributed by atoms with Crippen LogP contribution in [0.15, 0.2) is 15.9 Å². The van der Waals surface area contributed by atoms with Crippen molar-refractivity contribution in [1.82, 2.24) is 5.32 Å². The third-order valence-corrected chi connectivity index (χ3v) is 7.13. The molecule has 0 spiro atoms. The minimum atomic E-state index is 0.625. The molecule has 1 fully saturated rings. The average Bonchev–Trinajstić information content (AvgIpc) is 3.05. The van der Waals surface area contributed by atoms with Crippen LogP contribution in [0.5, 0.6) is 0 Å². The van der Waals surface area contributed by atoms with Crippen LogP contribution in [0, 0.1) is 0 Å². The van der Waals surface area contributed by atoms with Gasteiger partial charge in [-0.25, -0.2) is 0 Å². The van der Waals surface area contributed by atoms with Crippen molar-refractivity contribution in [3.8, 4) is 0 Å². The van der Waals surface area contributed by atoms with E-state index in [2.05, 4.69) is 51.4 Å². The summed E-state index contributed by atoms with van der Waals surface area (Å²) < 4.78 is 1.28. The van der Waals surface area contributed by atoms with Crippen molar-refractivity contribution in [3.63, 3.8) is 0 Å². The van der Waals surface area contributed by atoms with Gasteiger partial charge in [-0.3, -0.25) is 0 Å². The normalized spacial score (nSPS) is 18.0. The molecule has 0 aromatic carbocycles. The van der Waals surface area contributed by atoms with E-state index in [0.29, 0.717) is 6.04 Å². The molecule has 1 aromatic rings. The lowest BCUT2D eigenvalue weighted by Gasteiger charge is -2.20. The van der Waals surface area contributed by atoms with Crippen molar-refractivity contribution in [1.29, 1.82) is 0 Å². The molecule has 1 nitrogen and oxygen atoms in total. The summed E-state index contributed by atoms with van der Waals surface area (Å²) in [6.45, 7) is 3.38. The second-order valence-corrected chi connectivity index (χ2v) is 8.48. The predicted octanol–water partition coefficient (Wildman–Crippen LogP) is 5.10. The highest BCUT2D eigenvalue weighted by Gasteiger charge is 2.18. The third kappa shape index (κ3) is 5.41. The second-order valence-electron chi connectivity index (χ2n) is 5.29. The van der Waals surface area contributed by atoms with Crippen LogP contribution in [-0.4, -0.2) is 23.6 Å². The van der Waals surface area contributed by atoms with Gasteiger partial charge in [0.15, 0.2) is 0 Å². The first-order valence-electron chi connectivity index (χ1n) is 7.36. The van der Waals surface area contributed by atoms with Crippen LogP contribution in [-0.2, 0) is 6.42 Å². The standard InChI is InChI=1S/C15H24BrNS2/c1-2-8-17-12(10-15-14(16)7-9-18-15)11-19-13-5-3-4-6-13/h7,9,12-13,17H,2-6,8,10-11H2,1H3. The van der Waals surface area contributed by atoms with Gasteiger partial charge in [-0.05, 0) is 59.6 Å². The molecule has 0 saturated heterocycles. The molecule has 0 aliphatic heterocycles. The fourth-order valence-electron chi connectivity index (χ4n) is 2.54. The molecule has 1 aliphatic carbocycles. The van der Waals surface area contributed by atoms with Gasteiger partial charge in [0.1, 0.15) is 0 Å². The van der Waals surface area contributed by atoms with E-state index in [1.54, 1.807) is 0 Å². The van der Waals surface area contributed by atoms with Gasteiger partial charge in [0.2, 0.25) is 0 Å². The molecule has 1 aromatic heterocycles. The molecule has 1 heterocycles. The molecule has 1 unspecified atom stereocenters. The smallest absolute Gasteiger partial charge is 0.0314 e. The Labute approximate surface area is 134 Å². The van der Waals surface area contributed by atoms with E-state index < -0.39 is 0 Å². The Morgan fingerprint density at radius 1 is 1.47 bits per heavy atom. The van der Waals surface area contributed by atoms with Crippen LogP contribution in [0.3, 0.4) is 0 Å². The van der Waals surface area contributed by atoms with Crippen molar-refractivity contribution in [2.75, 3.05) is 12.3 Å². The largest absolute Gasteiger partial charge is 0.313 e. The zero-order valence-electron chi connectivity index (χ0n) is 11.7. The van der Waals surface area contributed by atoms with Crippen LogP contribution in [0.2, 0.25) is 0 Å². The molecule has 1 atom stereocenters. The Bertz CT molecular complexity index is 361. The van der Waals surface area contributed by atoms with Gasteiger partial charge in [-0.15, -0.1) is 11.3 Å². The molecule has 0 amide bonds. The van der Waals surface area contributed by atoms with E-state index in [1.165, 1.54) is 47.2 Å². The van der Waals surface area contributed by atoms with Crippen molar-refractivity contribution >= 4 is 39.0 Å². The molecule has 2 rings (SSSR count). The van der Waals surface area contributed by atoms with Gasteiger partial charge < -0.3 is 5.32 Å². The molecule has 1 saturated carbocycles. The van der Waals surface area contributed by atoms with Crippen molar-refractivity contribution < 1.29 is 0 Å². The summed E-state index contributed by atoms with van der Waals surface area (Å²) in [6, 6.07) is 2.79. The highest BCUT2D eigenvalue weighted by Crippen LogP contribution is 2.31. The first-order chi connectivity index (χ1) is 9.29. The Morgan fingerprint density at radius 2 is 2.26 bits per heavy atom. The average molecular weight is 362 g/mol. The molecular formula is C15H24BrNS2. The van der Waals surface area contributed by atoms with Crippen molar-refractivity contribution in [2.24, 2.45) is 0 Å². The summed E-state index contributed by atoms with van der Waals surface area (Å²) in [6.07, 6.45) is 8.15. The Morgan fingerprint density at radius 3 is 2.89 bits per heavy atom. The topological polar surface area (TPSA) is 12.0 Å². The number of thioether (sulfide) groups is 1. The molecule has 0 bridgehead atoms. The first kappa shape index (κ1) is 15.9. The highest BCUT2D eigenvalue weighted by molar-refractivity contribution is 9.10. The molecule has 0 radical (unpaired) electrons. The van der Waals surface area contributed by atoms with Gasteiger partial charge in [-0.1, -0.05) is 19.8 Å². The van der Waals surface area contributed by atoms with E-state index in [4.69, 9.17) is 0 Å². The molecule has 4 heteroatoms. The third-order valence-electron chi connectivity index (χ3n) is 3.64. The number of halogens is 1. The van der Waals surface area contributed by atoms with E-state index >= 15 is 0 Å². The van der Waals surface area contributed by atoms with Crippen LogP contribution >= 0.6 is 39.0 Å². The van der Waals surface area contributed by atoms with Gasteiger partial charge in [-0.2, -0.15) is 11.8 Å². The van der Waals surface area contributed by atoms with E-state index in [0.717, 1.165) is 18.2 Å². The summed E-state index contributed by atoms with van der Waals surface area (Å²) in [4.78, 5) is 1.49. The van der Waals surface area contributed by atoms with Crippen LogP contribution in [0.1, 0.15) is 43.9 Å². The van der Waals surface area contributed by atoms with Gasteiger partial charge >= 0.3 is 0 Å². The van der Waals surface area contributed by atoms with Crippen LogP contribution < -0.4 is 5.32 Å². The second kappa shape index (κ2) is 8.71. The van der Waals surface area contributed by atoms with Crippen LogP contribution in [0.25, 0.3) is 0 Å². The van der Waals surface area contributed by atoms with E-state index in [9.17, 15) is 0 Å². The number of hydrogen-bond acceptors (Lipinski definition) is 3. The molecular weight excluding hydrogens is 338 g/mol. The maximum Gasteiger partial charge on any atom is 0.0314 e. The maximum absolute atomic E-state index is 3.72. The predicted molar refractivity (Wildman–Crippen MR) is 92.5 cm³/mol. The fraction of sp³-hybridized carbons (Fsp3) is 0.733. The summed E-state index contributed by atoms with van der Waals surface area (Å²) in [7, 11) is 0. The monoisotopic (exact) mass is 361 g/mol. The summed E-state index contributed by atoms with van der Waals surface area (Å²) in [5, 5.41) is 6.83. The number of rotatable bonds is 8. The summed E-state index contributed by atoms with van der Waals surface area (Å²) in [5.74, 6) is 1.26. The Hall–Kier alpha value is 0.490. The first-order valence-corrected chi connectivity index (χ1v) is 10.1. The van der Waals surface area contributed by atoms with Gasteiger partial charge in [0, 0.05) is 26.4 Å². The van der Waals surface area contributed by atoms with Crippen LogP contribution in [0.4, 0.5) is 0 Å². The minimum absolute atomic E-state index is 0.625. The number of hydrogen-bond donors (Lipinski definition) is 1. The summed E-state index contributed by atoms with van der Waals surface area (Å²) >= 11 is 7.73. The zero-order chi connectivity index (χ0) is 13.5. The lowest BCUT2D eigenvalue weighted by molar-refractivity contribution is 0.552. The quantitative estimate of drug-likeness (QED) is 0.691. The molecule has 108 valence electrons. The SMILES string of the molecule is CCCNC(CSC1CCCC1)Cc1sccc1Br. The summed E-state index contributed by atoms with van der Waals surface area (Å²) in [5.41, 5.74) is 0. The van der Waals surface area contributed by atoms with Crippen molar-refractivity contribution in [2.45, 2.75) is 56.7 Å². The molecule has 1 aliphatic rings. The molecule has 19 heavy (non-hydrogen) atoms. The lowest BCUT2D eigenvalue weighted by Crippen LogP contribution is -2.34. The Balaban J connectivity index is 1.82. The number of thiophene rings is 1. The van der Waals surface area contributed by atoms with Gasteiger partial charge in [0.05, 0.1) is 0 Å². The Kier molecular flexibility index (Phi) is 7.27. The minimum Gasteiger partial charge on any atom is -0.313 e. The van der Waals surface area contributed by atoms with Gasteiger partial charge in [0.25, 0.3) is 0 Å². The lowest BCUT2D eigenvalue weighted by atomic mass is 10.2. The van der Waals surface area contributed by atoms with E-state index in [-0.39, 0.29) is 0 Å². The number of nitrogens with one attached hydrogen (secondary N) is 1. The van der Waals surface area contributed by atoms with Crippen molar-refractivity contribution in [3.05, 3.63) is 20.8 Å². The van der Waals surface area contributed by atoms with E-state index in [1.807, 2.05) is 11.3 Å². The molecule has 1 N–H and O–H groups in total.